The summed E-state index contributed by atoms with van der Waals surface area (Å²) in [5.74, 6) is 0. The average molecular weight is 268 g/mol. The largest absolute Gasteiger partial charge is 0.321 e. The third kappa shape index (κ3) is 1.70. The van der Waals surface area contributed by atoms with Crippen molar-refractivity contribution in [3.8, 4) is 0 Å². The first-order valence-electron chi connectivity index (χ1n) is 6.40. The van der Waals surface area contributed by atoms with Gasteiger partial charge in [0.15, 0.2) is 0 Å². The van der Waals surface area contributed by atoms with Crippen LogP contribution in [0.15, 0.2) is 25.0 Å². The van der Waals surface area contributed by atoms with E-state index in [1.807, 2.05) is 0 Å². The number of amides is 2. The molecule has 0 atom stereocenters. The molecular formula is C13H12N6O. The van der Waals surface area contributed by atoms with Crippen molar-refractivity contribution in [3.05, 3.63) is 47.6 Å². The number of nitrogens with zero attached hydrogens (tertiary/aromatic N) is 6. The molecule has 0 aliphatic carbocycles. The Hall–Kier alpha value is -2.57. The maximum absolute atomic E-state index is 12.5. The van der Waals surface area contributed by atoms with Gasteiger partial charge in [0.1, 0.15) is 12.7 Å². The lowest BCUT2D eigenvalue weighted by atomic mass is 10.3. The Morgan fingerprint density at radius 3 is 1.80 bits per heavy atom. The number of carbonyl (C=O) groups is 1. The average Bonchev–Trinajstić information content (AvgIpc) is 3.10. The van der Waals surface area contributed by atoms with Crippen LogP contribution in [0.5, 0.6) is 0 Å². The summed E-state index contributed by atoms with van der Waals surface area (Å²) in [6.07, 6.45) is 6.60. The van der Waals surface area contributed by atoms with E-state index in [1.54, 1.807) is 22.2 Å². The Morgan fingerprint density at radius 1 is 0.850 bits per heavy atom. The van der Waals surface area contributed by atoms with Gasteiger partial charge in [-0.15, -0.1) is 0 Å². The minimum absolute atomic E-state index is 0.0148. The molecule has 0 bridgehead atoms. The summed E-state index contributed by atoms with van der Waals surface area (Å²) in [5.41, 5.74) is 3.92. The SMILES string of the molecule is O=C(N1Cc2cncnc2C1)N1Cc2cncnc2C1. The highest BCUT2D eigenvalue weighted by Gasteiger charge is 2.31. The van der Waals surface area contributed by atoms with Gasteiger partial charge in [0.05, 0.1) is 37.6 Å². The molecule has 0 aromatic carbocycles. The van der Waals surface area contributed by atoms with Crippen LogP contribution in [0, 0.1) is 0 Å². The van der Waals surface area contributed by atoms with Crippen LogP contribution in [0.1, 0.15) is 22.5 Å². The molecule has 0 saturated carbocycles. The van der Waals surface area contributed by atoms with Crippen molar-refractivity contribution in [1.82, 2.24) is 29.7 Å². The van der Waals surface area contributed by atoms with Crippen LogP contribution < -0.4 is 0 Å². The van der Waals surface area contributed by atoms with Crippen molar-refractivity contribution < 1.29 is 4.79 Å². The van der Waals surface area contributed by atoms with Gasteiger partial charge in [-0.05, 0) is 0 Å². The van der Waals surface area contributed by atoms with E-state index in [-0.39, 0.29) is 6.03 Å². The molecule has 2 aliphatic rings. The van der Waals surface area contributed by atoms with Crippen molar-refractivity contribution in [2.45, 2.75) is 26.2 Å². The van der Waals surface area contributed by atoms with Crippen LogP contribution >= 0.6 is 0 Å². The quantitative estimate of drug-likeness (QED) is 0.703. The maximum Gasteiger partial charge on any atom is 0.321 e. The fourth-order valence-corrected chi connectivity index (χ4v) is 2.67. The van der Waals surface area contributed by atoms with Crippen LogP contribution in [0.3, 0.4) is 0 Å². The second-order valence-electron chi connectivity index (χ2n) is 4.98. The zero-order valence-electron chi connectivity index (χ0n) is 10.7. The van der Waals surface area contributed by atoms with Gasteiger partial charge in [0.2, 0.25) is 0 Å². The molecule has 0 unspecified atom stereocenters. The van der Waals surface area contributed by atoms with E-state index in [0.717, 1.165) is 22.5 Å². The minimum atomic E-state index is 0.0148. The highest BCUT2D eigenvalue weighted by molar-refractivity contribution is 5.75. The van der Waals surface area contributed by atoms with Crippen molar-refractivity contribution in [3.63, 3.8) is 0 Å². The number of urea groups is 1. The second-order valence-corrected chi connectivity index (χ2v) is 4.98. The standard InChI is InChI=1S/C13H12N6O/c20-13(18-3-9-1-14-7-16-11(9)5-18)19-4-10-2-15-8-17-12(10)6-19/h1-2,7-8H,3-6H2. The van der Waals surface area contributed by atoms with Crippen molar-refractivity contribution >= 4 is 6.03 Å². The summed E-state index contributed by atoms with van der Waals surface area (Å²) in [4.78, 5) is 32.5. The zero-order chi connectivity index (χ0) is 13.5. The van der Waals surface area contributed by atoms with Gasteiger partial charge >= 0.3 is 6.03 Å². The molecule has 2 aromatic rings. The maximum atomic E-state index is 12.5. The van der Waals surface area contributed by atoms with Crippen LogP contribution in [-0.2, 0) is 26.2 Å². The molecule has 0 radical (unpaired) electrons. The molecule has 2 aliphatic heterocycles. The van der Waals surface area contributed by atoms with Crippen LogP contribution in [0.2, 0.25) is 0 Å². The molecule has 2 aromatic heterocycles. The van der Waals surface area contributed by atoms with E-state index in [9.17, 15) is 4.79 Å². The Morgan fingerprint density at radius 2 is 1.35 bits per heavy atom. The summed E-state index contributed by atoms with van der Waals surface area (Å²) >= 11 is 0. The van der Waals surface area contributed by atoms with Gasteiger partial charge in [0, 0.05) is 23.5 Å². The molecule has 0 saturated heterocycles. The Kier molecular flexibility index (Phi) is 2.38. The van der Waals surface area contributed by atoms with E-state index >= 15 is 0 Å². The predicted octanol–water partition coefficient (Wildman–Crippen LogP) is 0.718. The normalized spacial score (nSPS) is 16.2. The first-order chi connectivity index (χ1) is 9.81. The smallest absolute Gasteiger partial charge is 0.314 e. The van der Waals surface area contributed by atoms with E-state index in [0.29, 0.717) is 26.2 Å². The minimum Gasteiger partial charge on any atom is -0.314 e. The number of fused-ring (bicyclic) bond motifs is 2. The predicted molar refractivity (Wildman–Crippen MR) is 68.0 cm³/mol. The summed E-state index contributed by atoms with van der Waals surface area (Å²) in [7, 11) is 0. The summed E-state index contributed by atoms with van der Waals surface area (Å²) in [6.45, 7) is 2.26. The van der Waals surface area contributed by atoms with Crippen molar-refractivity contribution in [2.75, 3.05) is 0 Å². The number of carbonyl (C=O) groups excluding carboxylic acids is 1. The number of hydrogen-bond donors (Lipinski definition) is 0. The molecule has 0 N–H and O–H groups in total. The highest BCUT2D eigenvalue weighted by atomic mass is 16.2. The van der Waals surface area contributed by atoms with Gasteiger partial charge in [0.25, 0.3) is 0 Å². The van der Waals surface area contributed by atoms with Crippen molar-refractivity contribution in [1.29, 1.82) is 0 Å². The fourth-order valence-electron chi connectivity index (χ4n) is 2.67. The highest BCUT2D eigenvalue weighted by Crippen LogP contribution is 2.25. The Labute approximate surface area is 115 Å². The fraction of sp³-hybridized carbons (Fsp3) is 0.308. The molecule has 100 valence electrons. The van der Waals surface area contributed by atoms with Crippen LogP contribution in [-0.4, -0.2) is 35.8 Å². The van der Waals surface area contributed by atoms with E-state index in [2.05, 4.69) is 19.9 Å². The summed E-state index contributed by atoms with van der Waals surface area (Å²) in [6, 6.07) is 0.0148. The Balaban J connectivity index is 1.51. The van der Waals surface area contributed by atoms with Crippen LogP contribution in [0.25, 0.3) is 0 Å². The molecule has 4 heterocycles. The van der Waals surface area contributed by atoms with Gasteiger partial charge in [-0.2, -0.15) is 0 Å². The zero-order valence-corrected chi connectivity index (χ0v) is 10.7. The topological polar surface area (TPSA) is 75.1 Å². The molecule has 2 amide bonds. The lowest BCUT2D eigenvalue weighted by Gasteiger charge is -2.23. The van der Waals surface area contributed by atoms with Gasteiger partial charge < -0.3 is 9.80 Å². The molecule has 0 fully saturated rings. The lowest BCUT2D eigenvalue weighted by molar-refractivity contribution is 0.152. The molecule has 20 heavy (non-hydrogen) atoms. The van der Waals surface area contributed by atoms with Crippen molar-refractivity contribution in [2.24, 2.45) is 0 Å². The number of hydrogen-bond acceptors (Lipinski definition) is 5. The van der Waals surface area contributed by atoms with Gasteiger partial charge in [-0.3, -0.25) is 0 Å². The number of aromatic nitrogens is 4. The van der Waals surface area contributed by atoms with Crippen LogP contribution in [0.4, 0.5) is 4.79 Å². The molecule has 7 heteroatoms. The van der Waals surface area contributed by atoms with E-state index < -0.39 is 0 Å². The lowest BCUT2D eigenvalue weighted by Crippen LogP contribution is -2.37. The van der Waals surface area contributed by atoms with E-state index in [4.69, 9.17) is 0 Å². The first kappa shape index (κ1) is 11.3. The summed E-state index contributed by atoms with van der Waals surface area (Å²) < 4.78 is 0. The third-order valence-corrected chi connectivity index (χ3v) is 3.71. The van der Waals surface area contributed by atoms with Gasteiger partial charge in [-0.1, -0.05) is 0 Å². The molecule has 7 nitrogen and oxygen atoms in total. The van der Waals surface area contributed by atoms with Gasteiger partial charge in [-0.25, -0.2) is 24.7 Å². The molecule has 4 rings (SSSR count). The second kappa shape index (κ2) is 4.22. The first-order valence-corrected chi connectivity index (χ1v) is 6.40. The monoisotopic (exact) mass is 268 g/mol. The van der Waals surface area contributed by atoms with E-state index in [1.165, 1.54) is 12.7 Å². The Bertz CT molecular complexity index is 581. The molecule has 0 spiro atoms. The third-order valence-electron chi connectivity index (χ3n) is 3.71. The number of rotatable bonds is 0. The summed E-state index contributed by atoms with van der Waals surface area (Å²) in [5, 5.41) is 0. The molecular weight excluding hydrogens is 256 g/mol.